The molecule has 4 rings (SSSR count). The minimum atomic E-state index is -0.458. The third-order valence-corrected chi connectivity index (χ3v) is 5.03. The number of fused-ring (bicyclic) bond motifs is 1. The van der Waals surface area contributed by atoms with Gasteiger partial charge < -0.3 is 9.47 Å². The van der Waals surface area contributed by atoms with Crippen LogP contribution in [0, 0.1) is 5.92 Å². The van der Waals surface area contributed by atoms with Gasteiger partial charge in [-0.1, -0.05) is 41.9 Å². The molecule has 7 heteroatoms. The van der Waals surface area contributed by atoms with Gasteiger partial charge in [-0.2, -0.15) is 5.10 Å². The van der Waals surface area contributed by atoms with E-state index in [0.717, 1.165) is 22.6 Å². The summed E-state index contributed by atoms with van der Waals surface area (Å²) >= 11 is 6.00. The van der Waals surface area contributed by atoms with Crippen LogP contribution in [0.15, 0.2) is 53.6 Å². The lowest BCUT2D eigenvalue weighted by Gasteiger charge is -2.24. The lowest BCUT2D eigenvalue weighted by Crippen LogP contribution is -2.33. The number of carbonyl (C=O) groups is 2. The van der Waals surface area contributed by atoms with Crippen LogP contribution in [0.2, 0.25) is 5.02 Å². The van der Waals surface area contributed by atoms with Crippen molar-refractivity contribution in [3.05, 3.63) is 64.7 Å². The molecule has 0 spiro atoms. The molecule has 2 aromatic rings. The first kappa shape index (κ1) is 18.5. The van der Waals surface area contributed by atoms with E-state index in [-0.39, 0.29) is 19.1 Å². The van der Waals surface area contributed by atoms with Crippen molar-refractivity contribution >= 4 is 29.2 Å². The Bertz CT molecular complexity index is 929. The van der Waals surface area contributed by atoms with Crippen LogP contribution in [0.4, 0.5) is 0 Å². The van der Waals surface area contributed by atoms with Crippen molar-refractivity contribution in [3.8, 4) is 5.75 Å². The highest BCUT2D eigenvalue weighted by atomic mass is 35.5. The summed E-state index contributed by atoms with van der Waals surface area (Å²) in [6.45, 7) is 0.379. The summed E-state index contributed by atoms with van der Waals surface area (Å²) in [6, 6.07) is 15.0. The maximum atomic E-state index is 12.4. The number of halogens is 1. The maximum Gasteiger partial charge on any atom is 0.313 e. The molecule has 1 atom stereocenters. The Labute approximate surface area is 167 Å². The molecule has 2 aliphatic rings. The Morgan fingerprint density at radius 1 is 1.21 bits per heavy atom. The first-order chi connectivity index (χ1) is 13.6. The molecule has 28 heavy (non-hydrogen) atoms. The van der Waals surface area contributed by atoms with Gasteiger partial charge in [-0.05, 0) is 35.7 Å². The standard InChI is InChI=1S/C21H19ClN2O4/c22-17-6-7-19-15(11-17)10-16(12-27-19)21(26)28-13-20(25)24-9-8-18(23-24)14-4-2-1-3-5-14/h1-7,11,16H,8-10,12-13H2/t16-/m0/s1. The summed E-state index contributed by atoms with van der Waals surface area (Å²) in [7, 11) is 0. The molecule has 2 aromatic carbocycles. The summed E-state index contributed by atoms with van der Waals surface area (Å²) in [5.41, 5.74) is 2.71. The van der Waals surface area contributed by atoms with Crippen LogP contribution in [0.5, 0.6) is 5.75 Å². The number of ether oxygens (including phenoxy) is 2. The fourth-order valence-electron chi connectivity index (χ4n) is 3.31. The van der Waals surface area contributed by atoms with E-state index in [9.17, 15) is 9.59 Å². The van der Waals surface area contributed by atoms with Crippen LogP contribution in [-0.2, 0) is 20.7 Å². The second-order valence-electron chi connectivity index (χ2n) is 6.75. The fraction of sp³-hybridized carbons (Fsp3) is 0.286. The summed E-state index contributed by atoms with van der Waals surface area (Å²) in [5.74, 6) is -0.519. The third-order valence-electron chi connectivity index (χ3n) is 4.80. The van der Waals surface area contributed by atoms with Gasteiger partial charge in [0.2, 0.25) is 0 Å². The predicted octanol–water partition coefficient (Wildman–Crippen LogP) is 3.07. The highest BCUT2D eigenvalue weighted by Gasteiger charge is 2.29. The number of amides is 1. The van der Waals surface area contributed by atoms with Crippen LogP contribution in [0.3, 0.4) is 0 Å². The lowest BCUT2D eigenvalue weighted by molar-refractivity contribution is -0.156. The molecule has 2 heterocycles. The second-order valence-corrected chi connectivity index (χ2v) is 7.19. The molecule has 1 amide bonds. The van der Waals surface area contributed by atoms with Gasteiger partial charge in [0.25, 0.3) is 5.91 Å². The molecule has 144 valence electrons. The average molecular weight is 399 g/mol. The van der Waals surface area contributed by atoms with Crippen LogP contribution in [0.25, 0.3) is 0 Å². The highest BCUT2D eigenvalue weighted by Crippen LogP contribution is 2.30. The normalized spacial score (nSPS) is 18.1. The Morgan fingerprint density at radius 2 is 2.04 bits per heavy atom. The molecule has 0 fully saturated rings. The zero-order valence-corrected chi connectivity index (χ0v) is 15.9. The number of carbonyl (C=O) groups excluding carboxylic acids is 2. The van der Waals surface area contributed by atoms with Gasteiger partial charge in [-0.3, -0.25) is 9.59 Å². The molecule has 0 aromatic heterocycles. The first-order valence-corrected chi connectivity index (χ1v) is 9.49. The van der Waals surface area contributed by atoms with Gasteiger partial charge in [-0.25, -0.2) is 5.01 Å². The van der Waals surface area contributed by atoms with Gasteiger partial charge in [0.1, 0.15) is 12.4 Å². The highest BCUT2D eigenvalue weighted by molar-refractivity contribution is 6.30. The van der Waals surface area contributed by atoms with Gasteiger partial charge in [0, 0.05) is 11.4 Å². The van der Waals surface area contributed by atoms with E-state index in [2.05, 4.69) is 5.10 Å². The van der Waals surface area contributed by atoms with E-state index in [1.54, 1.807) is 18.2 Å². The van der Waals surface area contributed by atoms with E-state index in [1.165, 1.54) is 5.01 Å². The molecular formula is C21H19ClN2O4. The predicted molar refractivity (Wildman–Crippen MR) is 104 cm³/mol. The number of nitrogens with zero attached hydrogens (tertiary/aromatic N) is 2. The van der Waals surface area contributed by atoms with Crippen LogP contribution < -0.4 is 4.74 Å². The zero-order valence-electron chi connectivity index (χ0n) is 15.1. The molecular weight excluding hydrogens is 380 g/mol. The Morgan fingerprint density at radius 3 is 2.86 bits per heavy atom. The lowest BCUT2D eigenvalue weighted by atomic mass is 9.97. The van der Waals surface area contributed by atoms with E-state index in [4.69, 9.17) is 21.1 Å². The van der Waals surface area contributed by atoms with Crippen LogP contribution >= 0.6 is 11.6 Å². The number of hydrogen-bond acceptors (Lipinski definition) is 5. The van der Waals surface area contributed by atoms with E-state index in [0.29, 0.717) is 24.4 Å². The van der Waals surface area contributed by atoms with Crippen LogP contribution in [-0.4, -0.2) is 42.4 Å². The molecule has 0 saturated carbocycles. The molecule has 0 saturated heterocycles. The molecule has 2 aliphatic heterocycles. The maximum absolute atomic E-state index is 12.4. The third kappa shape index (κ3) is 4.02. The van der Waals surface area contributed by atoms with E-state index < -0.39 is 11.9 Å². The number of esters is 1. The minimum absolute atomic E-state index is 0.224. The van der Waals surface area contributed by atoms with Gasteiger partial charge in [0.15, 0.2) is 6.61 Å². The Balaban J connectivity index is 1.32. The second kappa shape index (κ2) is 8.02. The fourth-order valence-corrected chi connectivity index (χ4v) is 3.51. The summed E-state index contributed by atoms with van der Waals surface area (Å²) in [6.07, 6.45) is 1.15. The summed E-state index contributed by atoms with van der Waals surface area (Å²) < 4.78 is 10.8. The number of hydrogen-bond donors (Lipinski definition) is 0. The van der Waals surface area contributed by atoms with Crippen molar-refractivity contribution in [2.75, 3.05) is 19.8 Å². The monoisotopic (exact) mass is 398 g/mol. The van der Waals surface area contributed by atoms with Crippen molar-refractivity contribution in [3.63, 3.8) is 0 Å². The SMILES string of the molecule is O=C(OCC(=O)N1CCC(c2ccccc2)=N1)[C@@H]1COc2ccc(Cl)cc2C1. The summed E-state index contributed by atoms with van der Waals surface area (Å²) in [5, 5.41) is 6.31. The quantitative estimate of drug-likeness (QED) is 0.742. The zero-order chi connectivity index (χ0) is 19.5. The average Bonchev–Trinajstić information content (AvgIpc) is 3.22. The van der Waals surface area contributed by atoms with Crippen molar-refractivity contribution < 1.29 is 19.1 Å². The Hall–Kier alpha value is -2.86. The van der Waals surface area contributed by atoms with Crippen molar-refractivity contribution in [2.45, 2.75) is 12.8 Å². The number of rotatable bonds is 4. The molecule has 0 radical (unpaired) electrons. The molecule has 0 bridgehead atoms. The largest absolute Gasteiger partial charge is 0.492 e. The minimum Gasteiger partial charge on any atom is -0.492 e. The van der Waals surface area contributed by atoms with Crippen molar-refractivity contribution in [1.29, 1.82) is 0 Å². The van der Waals surface area contributed by atoms with Gasteiger partial charge in [0.05, 0.1) is 18.2 Å². The van der Waals surface area contributed by atoms with Crippen molar-refractivity contribution in [2.24, 2.45) is 11.0 Å². The Kier molecular flexibility index (Phi) is 5.30. The number of hydrazone groups is 1. The van der Waals surface area contributed by atoms with Crippen LogP contribution in [0.1, 0.15) is 17.5 Å². The molecule has 6 nitrogen and oxygen atoms in total. The topological polar surface area (TPSA) is 68.2 Å². The molecule has 0 N–H and O–H groups in total. The smallest absolute Gasteiger partial charge is 0.313 e. The molecule has 0 unspecified atom stereocenters. The summed E-state index contributed by atoms with van der Waals surface area (Å²) in [4.78, 5) is 24.7. The first-order valence-electron chi connectivity index (χ1n) is 9.11. The van der Waals surface area contributed by atoms with Gasteiger partial charge in [-0.15, -0.1) is 0 Å². The van der Waals surface area contributed by atoms with E-state index >= 15 is 0 Å². The molecule has 0 aliphatic carbocycles. The van der Waals surface area contributed by atoms with E-state index in [1.807, 2.05) is 30.3 Å². The number of benzene rings is 2. The van der Waals surface area contributed by atoms with Gasteiger partial charge >= 0.3 is 5.97 Å². The van der Waals surface area contributed by atoms with Crippen molar-refractivity contribution in [1.82, 2.24) is 5.01 Å².